The third-order valence-corrected chi connectivity index (χ3v) is 3.81. The maximum atomic E-state index is 12.0. The van der Waals surface area contributed by atoms with Crippen LogP contribution in [-0.2, 0) is 17.6 Å². The van der Waals surface area contributed by atoms with Crippen molar-refractivity contribution in [2.24, 2.45) is 0 Å². The Balaban J connectivity index is 2.26. The SMILES string of the molecule is Cc1cc(O[C@H](C)C(=O)[O-])c2c3c(c(=O)oc2c1)CCC3. The van der Waals surface area contributed by atoms with E-state index in [0.29, 0.717) is 28.7 Å². The van der Waals surface area contributed by atoms with Crippen LogP contribution in [0.15, 0.2) is 21.3 Å². The first-order chi connectivity index (χ1) is 9.97. The van der Waals surface area contributed by atoms with Gasteiger partial charge in [0.2, 0.25) is 0 Å². The summed E-state index contributed by atoms with van der Waals surface area (Å²) in [5.74, 6) is -0.845. The van der Waals surface area contributed by atoms with Crippen molar-refractivity contribution in [3.05, 3.63) is 39.2 Å². The molecule has 0 aliphatic heterocycles. The molecule has 2 aromatic rings. The highest BCUT2D eigenvalue weighted by molar-refractivity contribution is 5.89. The molecule has 0 unspecified atom stereocenters. The predicted molar refractivity (Wildman–Crippen MR) is 74.3 cm³/mol. The van der Waals surface area contributed by atoms with Crippen LogP contribution in [0.4, 0.5) is 0 Å². The van der Waals surface area contributed by atoms with Crippen LogP contribution in [0.5, 0.6) is 5.75 Å². The van der Waals surface area contributed by atoms with E-state index in [1.165, 1.54) is 6.92 Å². The second-order valence-corrected chi connectivity index (χ2v) is 5.42. The molecule has 1 aromatic heterocycles. The fraction of sp³-hybridized carbons (Fsp3) is 0.375. The van der Waals surface area contributed by atoms with Crippen LogP contribution in [0.3, 0.4) is 0 Å². The average molecular weight is 287 g/mol. The molecule has 0 radical (unpaired) electrons. The normalized spacial score (nSPS) is 15.0. The Morgan fingerprint density at radius 1 is 1.33 bits per heavy atom. The second kappa shape index (κ2) is 4.91. The number of hydrogen-bond donors (Lipinski definition) is 0. The molecule has 0 amide bonds. The molecule has 0 bridgehead atoms. The lowest BCUT2D eigenvalue weighted by Crippen LogP contribution is -2.37. The van der Waals surface area contributed by atoms with Gasteiger partial charge in [-0.3, -0.25) is 0 Å². The summed E-state index contributed by atoms with van der Waals surface area (Å²) in [5, 5.41) is 11.6. The van der Waals surface area contributed by atoms with Gasteiger partial charge in [-0.15, -0.1) is 0 Å². The van der Waals surface area contributed by atoms with E-state index in [9.17, 15) is 14.7 Å². The lowest BCUT2D eigenvalue weighted by atomic mass is 10.0. The van der Waals surface area contributed by atoms with Crippen LogP contribution in [0.2, 0.25) is 0 Å². The van der Waals surface area contributed by atoms with Crippen LogP contribution >= 0.6 is 0 Å². The van der Waals surface area contributed by atoms with Gasteiger partial charge >= 0.3 is 5.63 Å². The molecular weight excluding hydrogens is 272 g/mol. The van der Waals surface area contributed by atoms with Gasteiger partial charge in [-0.25, -0.2) is 4.79 Å². The standard InChI is InChI=1S/C16H16O5/c1-8-6-12(20-9(2)15(17)18)14-10-4-3-5-11(10)16(19)21-13(14)7-8/h6-7,9H,3-5H2,1-2H3,(H,17,18)/p-1/t9-/m1/s1. The van der Waals surface area contributed by atoms with Gasteiger partial charge in [0.25, 0.3) is 0 Å². The van der Waals surface area contributed by atoms with Crippen molar-refractivity contribution in [2.45, 2.75) is 39.2 Å². The summed E-state index contributed by atoms with van der Waals surface area (Å²) in [5.41, 5.74) is 2.57. The lowest BCUT2D eigenvalue weighted by molar-refractivity contribution is -0.312. The summed E-state index contributed by atoms with van der Waals surface area (Å²) in [6.45, 7) is 3.26. The van der Waals surface area contributed by atoms with Crippen molar-refractivity contribution in [3.8, 4) is 5.75 Å². The Hall–Kier alpha value is -2.30. The van der Waals surface area contributed by atoms with E-state index in [0.717, 1.165) is 24.0 Å². The minimum absolute atomic E-state index is 0.306. The third kappa shape index (κ3) is 2.28. The molecule has 0 saturated heterocycles. The first kappa shape index (κ1) is 13.7. The summed E-state index contributed by atoms with van der Waals surface area (Å²) in [4.78, 5) is 22.9. The van der Waals surface area contributed by atoms with Gasteiger partial charge in [0, 0.05) is 5.56 Å². The zero-order chi connectivity index (χ0) is 15.1. The highest BCUT2D eigenvalue weighted by atomic mass is 16.5. The predicted octanol–water partition coefficient (Wildman–Crippen LogP) is 1.11. The maximum Gasteiger partial charge on any atom is 0.339 e. The van der Waals surface area contributed by atoms with Crippen LogP contribution in [-0.4, -0.2) is 12.1 Å². The van der Waals surface area contributed by atoms with Gasteiger partial charge in [0.05, 0.1) is 11.4 Å². The highest BCUT2D eigenvalue weighted by Gasteiger charge is 2.23. The number of aliphatic carboxylic acids is 1. The summed E-state index contributed by atoms with van der Waals surface area (Å²) < 4.78 is 10.9. The van der Waals surface area contributed by atoms with Crippen molar-refractivity contribution in [3.63, 3.8) is 0 Å². The van der Waals surface area contributed by atoms with Gasteiger partial charge in [-0.1, -0.05) is 0 Å². The number of benzene rings is 1. The zero-order valence-corrected chi connectivity index (χ0v) is 11.9. The van der Waals surface area contributed by atoms with Gasteiger partial charge in [0.15, 0.2) is 0 Å². The van der Waals surface area contributed by atoms with E-state index >= 15 is 0 Å². The third-order valence-electron chi connectivity index (χ3n) is 3.81. The summed E-state index contributed by atoms with van der Waals surface area (Å²) in [6.07, 6.45) is 1.29. The van der Waals surface area contributed by atoms with Crippen LogP contribution in [0, 0.1) is 6.92 Å². The van der Waals surface area contributed by atoms with Crippen molar-refractivity contribution in [1.29, 1.82) is 0 Å². The van der Waals surface area contributed by atoms with E-state index in [-0.39, 0.29) is 5.63 Å². The quantitative estimate of drug-likeness (QED) is 0.790. The molecule has 0 spiro atoms. The number of ether oxygens (including phenoxy) is 1. The smallest absolute Gasteiger partial charge is 0.339 e. The molecule has 1 aliphatic rings. The molecule has 0 saturated carbocycles. The lowest BCUT2D eigenvalue weighted by Gasteiger charge is -2.18. The van der Waals surface area contributed by atoms with Gasteiger partial charge < -0.3 is 19.1 Å². The van der Waals surface area contributed by atoms with E-state index in [1.807, 2.05) is 6.92 Å². The first-order valence-electron chi connectivity index (χ1n) is 6.94. The fourth-order valence-corrected chi connectivity index (χ4v) is 2.84. The van der Waals surface area contributed by atoms with Crippen LogP contribution in [0.25, 0.3) is 11.0 Å². The topological polar surface area (TPSA) is 79.6 Å². The number of fused-ring (bicyclic) bond motifs is 3. The van der Waals surface area contributed by atoms with E-state index < -0.39 is 12.1 Å². The largest absolute Gasteiger partial charge is 0.546 e. The van der Waals surface area contributed by atoms with Crippen LogP contribution < -0.4 is 15.5 Å². The molecule has 0 fully saturated rings. The minimum Gasteiger partial charge on any atom is -0.546 e. The van der Waals surface area contributed by atoms with E-state index in [1.54, 1.807) is 12.1 Å². The van der Waals surface area contributed by atoms with Gasteiger partial charge in [-0.05, 0) is 56.4 Å². The summed E-state index contributed by atoms with van der Waals surface area (Å²) in [6, 6.07) is 3.53. The van der Waals surface area contributed by atoms with Crippen molar-refractivity contribution < 1.29 is 19.1 Å². The Morgan fingerprint density at radius 3 is 2.76 bits per heavy atom. The van der Waals surface area contributed by atoms with Gasteiger partial charge in [0.1, 0.15) is 17.4 Å². The Kier molecular flexibility index (Phi) is 3.20. The Bertz CT molecular complexity index is 787. The number of rotatable bonds is 3. The number of carboxylic acid groups (broad SMARTS) is 1. The van der Waals surface area contributed by atoms with Crippen LogP contribution in [0.1, 0.15) is 30.0 Å². The minimum atomic E-state index is -1.28. The Labute approximate surface area is 121 Å². The number of carbonyl (C=O) groups excluding carboxylic acids is 1. The van der Waals surface area contributed by atoms with E-state index in [4.69, 9.17) is 9.15 Å². The zero-order valence-electron chi connectivity index (χ0n) is 11.9. The number of hydrogen-bond acceptors (Lipinski definition) is 5. The van der Waals surface area contributed by atoms with Gasteiger partial charge in [-0.2, -0.15) is 0 Å². The molecule has 5 nitrogen and oxygen atoms in total. The molecule has 110 valence electrons. The molecule has 21 heavy (non-hydrogen) atoms. The number of carboxylic acids is 1. The Morgan fingerprint density at radius 2 is 2.05 bits per heavy atom. The average Bonchev–Trinajstić information content (AvgIpc) is 2.87. The highest BCUT2D eigenvalue weighted by Crippen LogP contribution is 2.35. The molecular formula is C16H15O5-. The summed E-state index contributed by atoms with van der Waals surface area (Å²) >= 11 is 0. The number of aryl methyl sites for hydroxylation is 2. The first-order valence-corrected chi connectivity index (χ1v) is 6.94. The summed E-state index contributed by atoms with van der Waals surface area (Å²) in [7, 11) is 0. The van der Waals surface area contributed by atoms with Crippen molar-refractivity contribution >= 4 is 16.9 Å². The molecule has 3 rings (SSSR count). The van der Waals surface area contributed by atoms with E-state index in [2.05, 4.69) is 0 Å². The maximum absolute atomic E-state index is 12.0. The molecule has 1 atom stereocenters. The molecule has 1 heterocycles. The fourth-order valence-electron chi connectivity index (χ4n) is 2.84. The molecule has 1 aliphatic carbocycles. The molecule has 1 aromatic carbocycles. The molecule has 0 N–H and O–H groups in total. The monoisotopic (exact) mass is 287 g/mol. The second-order valence-electron chi connectivity index (χ2n) is 5.42. The molecule has 5 heteroatoms. The van der Waals surface area contributed by atoms with Crippen molar-refractivity contribution in [2.75, 3.05) is 0 Å². The number of carbonyl (C=O) groups is 1. The van der Waals surface area contributed by atoms with Crippen molar-refractivity contribution in [1.82, 2.24) is 0 Å².